The summed E-state index contributed by atoms with van der Waals surface area (Å²) in [7, 11) is 1.59. The molecule has 4 aromatic carbocycles. The van der Waals surface area contributed by atoms with Crippen LogP contribution in [-0.4, -0.2) is 19.2 Å². The molecule has 0 spiro atoms. The van der Waals surface area contributed by atoms with Gasteiger partial charge in [0.2, 0.25) is 0 Å². The Morgan fingerprint density at radius 3 is 2.56 bits per heavy atom. The second kappa shape index (κ2) is 9.98. The molecule has 6 heteroatoms. The van der Waals surface area contributed by atoms with Gasteiger partial charge >= 0.3 is 0 Å². The molecule has 0 saturated carbocycles. The van der Waals surface area contributed by atoms with Crippen LogP contribution in [0.1, 0.15) is 21.5 Å². The number of hydrazone groups is 1. The third-order valence-corrected chi connectivity index (χ3v) is 5.19. The molecule has 0 unspecified atom stereocenters. The summed E-state index contributed by atoms with van der Waals surface area (Å²) in [5.41, 5.74) is 4.83. The highest BCUT2D eigenvalue weighted by molar-refractivity contribution is 6.30. The number of methoxy groups -OCH3 is 1. The van der Waals surface area contributed by atoms with Crippen molar-refractivity contribution in [2.75, 3.05) is 7.11 Å². The molecule has 1 N–H and O–H groups in total. The van der Waals surface area contributed by atoms with Crippen molar-refractivity contribution in [3.63, 3.8) is 0 Å². The van der Waals surface area contributed by atoms with Crippen LogP contribution in [0.4, 0.5) is 0 Å². The SMILES string of the molecule is COc1cc(/C=N\NC(=O)c2ccc(Cl)cc2)ccc1OCc1cccc2ccccc12. The first-order chi connectivity index (χ1) is 15.6. The van der Waals surface area contributed by atoms with Gasteiger partial charge in [-0.2, -0.15) is 5.10 Å². The summed E-state index contributed by atoms with van der Waals surface area (Å²) >= 11 is 5.84. The van der Waals surface area contributed by atoms with Crippen molar-refractivity contribution in [2.45, 2.75) is 6.61 Å². The number of nitrogens with one attached hydrogen (secondary N) is 1. The molecule has 5 nitrogen and oxygen atoms in total. The molecule has 160 valence electrons. The summed E-state index contributed by atoms with van der Waals surface area (Å²) in [6, 6.07) is 26.4. The van der Waals surface area contributed by atoms with E-state index in [1.54, 1.807) is 43.7 Å². The molecule has 0 atom stereocenters. The molecule has 0 aromatic heterocycles. The van der Waals surface area contributed by atoms with Crippen LogP contribution in [0.3, 0.4) is 0 Å². The average Bonchev–Trinajstić information content (AvgIpc) is 2.83. The standard InChI is InChI=1S/C26H21ClN2O3/c1-31-25-15-18(16-28-29-26(30)20-10-12-22(27)13-11-20)9-14-24(25)32-17-21-7-4-6-19-5-2-3-8-23(19)21/h2-16H,17H2,1H3,(H,29,30)/b28-16-. The number of fused-ring (bicyclic) bond motifs is 1. The van der Waals surface area contributed by atoms with Crippen molar-refractivity contribution in [2.24, 2.45) is 5.10 Å². The molecule has 1 amide bonds. The fraction of sp³-hybridized carbons (Fsp3) is 0.0769. The minimum absolute atomic E-state index is 0.320. The van der Waals surface area contributed by atoms with Gasteiger partial charge in [0, 0.05) is 10.6 Å². The Labute approximate surface area is 191 Å². The van der Waals surface area contributed by atoms with Crippen LogP contribution < -0.4 is 14.9 Å². The Morgan fingerprint density at radius 2 is 1.75 bits per heavy atom. The van der Waals surface area contributed by atoms with E-state index in [1.165, 1.54) is 5.39 Å². The first-order valence-electron chi connectivity index (χ1n) is 10.0. The largest absolute Gasteiger partial charge is 0.493 e. The van der Waals surface area contributed by atoms with Crippen molar-refractivity contribution >= 4 is 34.5 Å². The Bertz CT molecular complexity index is 1260. The summed E-state index contributed by atoms with van der Waals surface area (Å²) in [6.45, 7) is 0.419. The molecule has 0 aliphatic carbocycles. The Morgan fingerprint density at radius 1 is 0.969 bits per heavy atom. The van der Waals surface area contributed by atoms with E-state index in [0.29, 0.717) is 28.7 Å². The molecule has 0 bridgehead atoms. The van der Waals surface area contributed by atoms with E-state index in [2.05, 4.69) is 34.8 Å². The van der Waals surface area contributed by atoms with Crippen LogP contribution in [0.25, 0.3) is 10.8 Å². The fourth-order valence-corrected chi connectivity index (χ4v) is 3.41. The lowest BCUT2D eigenvalue weighted by Crippen LogP contribution is -2.17. The number of carbonyl (C=O) groups is 1. The van der Waals surface area contributed by atoms with Crippen LogP contribution in [0.2, 0.25) is 5.02 Å². The summed E-state index contributed by atoms with van der Waals surface area (Å²) < 4.78 is 11.5. The number of hydrogen-bond acceptors (Lipinski definition) is 4. The monoisotopic (exact) mass is 444 g/mol. The minimum Gasteiger partial charge on any atom is -0.493 e. The molecule has 0 aliphatic heterocycles. The second-order valence-corrected chi connectivity index (χ2v) is 7.48. The molecule has 4 rings (SSSR count). The van der Waals surface area contributed by atoms with E-state index in [0.717, 1.165) is 16.5 Å². The Balaban J connectivity index is 1.42. The fourth-order valence-electron chi connectivity index (χ4n) is 3.29. The molecule has 32 heavy (non-hydrogen) atoms. The van der Waals surface area contributed by atoms with Gasteiger partial charge in [-0.1, -0.05) is 54.1 Å². The molecular formula is C26H21ClN2O3. The maximum atomic E-state index is 12.1. The van der Waals surface area contributed by atoms with Gasteiger partial charge < -0.3 is 9.47 Å². The van der Waals surface area contributed by atoms with Gasteiger partial charge in [-0.3, -0.25) is 4.79 Å². The van der Waals surface area contributed by atoms with Gasteiger partial charge in [-0.05, 0) is 64.4 Å². The van der Waals surface area contributed by atoms with Gasteiger partial charge in [0.25, 0.3) is 5.91 Å². The smallest absolute Gasteiger partial charge is 0.271 e. The van der Waals surface area contributed by atoms with E-state index >= 15 is 0 Å². The van der Waals surface area contributed by atoms with Gasteiger partial charge in [0.15, 0.2) is 11.5 Å². The number of hydrogen-bond donors (Lipinski definition) is 1. The predicted octanol–water partition coefficient (Wildman–Crippen LogP) is 5.84. The first kappa shape index (κ1) is 21.4. The highest BCUT2D eigenvalue weighted by Gasteiger charge is 2.08. The second-order valence-electron chi connectivity index (χ2n) is 7.04. The summed E-state index contributed by atoms with van der Waals surface area (Å²) in [4.78, 5) is 12.1. The Kier molecular flexibility index (Phi) is 6.68. The van der Waals surface area contributed by atoms with Crippen molar-refractivity contribution in [1.82, 2.24) is 5.43 Å². The lowest BCUT2D eigenvalue weighted by Gasteiger charge is -2.12. The van der Waals surface area contributed by atoms with Crippen molar-refractivity contribution in [3.8, 4) is 11.5 Å². The van der Waals surface area contributed by atoms with E-state index in [9.17, 15) is 4.79 Å². The third-order valence-electron chi connectivity index (χ3n) is 4.94. The topological polar surface area (TPSA) is 59.9 Å². The van der Waals surface area contributed by atoms with Crippen molar-refractivity contribution in [1.29, 1.82) is 0 Å². The summed E-state index contributed by atoms with van der Waals surface area (Å²) in [5.74, 6) is 0.890. The molecule has 4 aromatic rings. The number of halogens is 1. The maximum Gasteiger partial charge on any atom is 0.271 e. The molecule has 0 radical (unpaired) electrons. The van der Waals surface area contributed by atoms with E-state index < -0.39 is 0 Å². The summed E-state index contributed by atoms with van der Waals surface area (Å²) in [5, 5.41) is 6.92. The zero-order valence-electron chi connectivity index (χ0n) is 17.4. The zero-order chi connectivity index (χ0) is 22.3. The van der Waals surface area contributed by atoms with Crippen LogP contribution in [0.5, 0.6) is 11.5 Å². The van der Waals surface area contributed by atoms with Crippen LogP contribution >= 0.6 is 11.6 Å². The molecule has 0 heterocycles. The predicted molar refractivity (Wildman–Crippen MR) is 128 cm³/mol. The summed E-state index contributed by atoms with van der Waals surface area (Å²) in [6.07, 6.45) is 1.55. The van der Waals surface area contributed by atoms with Crippen LogP contribution in [-0.2, 0) is 6.61 Å². The minimum atomic E-state index is -0.320. The van der Waals surface area contributed by atoms with Gasteiger partial charge in [0.05, 0.1) is 13.3 Å². The number of rotatable bonds is 7. The first-order valence-corrected chi connectivity index (χ1v) is 10.4. The van der Waals surface area contributed by atoms with E-state index in [-0.39, 0.29) is 5.91 Å². The number of nitrogens with zero attached hydrogens (tertiary/aromatic N) is 1. The maximum absolute atomic E-state index is 12.1. The average molecular weight is 445 g/mol. The molecule has 0 aliphatic rings. The van der Waals surface area contributed by atoms with Crippen molar-refractivity contribution < 1.29 is 14.3 Å². The molecule has 0 saturated heterocycles. The Hall–Kier alpha value is -3.83. The van der Waals surface area contributed by atoms with E-state index in [4.69, 9.17) is 21.1 Å². The highest BCUT2D eigenvalue weighted by Crippen LogP contribution is 2.29. The molecular weight excluding hydrogens is 424 g/mol. The number of carbonyl (C=O) groups excluding carboxylic acids is 1. The third kappa shape index (κ3) is 5.07. The van der Waals surface area contributed by atoms with Crippen LogP contribution in [0, 0.1) is 0 Å². The number of amides is 1. The lowest BCUT2D eigenvalue weighted by molar-refractivity contribution is 0.0955. The highest BCUT2D eigenvalue weighted by atomic mass is 35.5. The molecule has 0 fully saturated rings. The number of benzene rings is 4. The van der Waals surface area contributed by atoms with Crippen LogP contribution in [0.15, 0.2) is 90.0 Å². The van der Waals surface area contributed by atoms with Gasteiger partial charge in [-0.25, -0.2) is 5.43 Å². The normalized spacial score (nSPS) is 10.9. The quantitative estimate of drug-likeness (QED) is 0.287. The lowest BCUT2D eigenvalue weighted by atomic mass is 10.1. The van der Waals surface area contributed by atoms with E-state index in [1.807, 2.05) is 30.3 Å². The number of ether oxygens (including phenoxy) is 2. The zero-order valence-corrected chi connectivity index (χ0v) is 18.2. The van der Waals surface area contributed by atoms with Crippen molar-refractivity contribution in [3.05, 3.63) is 107 Å². The van der Waals surface area contributed by atoms with Gasteiger partial charge in [-0.15, -0.1) is 0 Å². The van der Waals surface area contributed by atoms with Gasteiger partial charge in [0.1, 0.15) is 6.61 Å².